The van der Waals surface area contributed by atoms with Gasteiger partial charge in [-0.25, -0.2) is 13.8 Å². The van der Waals surface area contributed by atoms with Crippen LogP contribution in [0.15, 0.2) is 23.6 Å². The summed E-state index contributed by atoms with van der Waals surface area (Å²) in [5, 5.41) is 8.04. The predicted molar refractivity (Wildman–Crippen MR) is 84.5 cm³/mol. The number of aromatic nitrogens is 1. The van der Waals surface area contributed by atoms with E-state index in [0.29, 0.717) is 22.5 Å². The molecule has 128 valence electrons. The first-order chi connectivity index (χ1) is 11.3. The molecule has 1 N–H and O–H groups in total. The Labute approximate surface area is 142 Å². The van der Waals surface area contributed by atoms with Crippen LogP contribution in [0, 0.1) is 10.8 Å². The van der Waals surface area contributed by atoms with E-state index in [0.717, 1.165) is 6.21 Å². The van der Waals surface area contributed by atoms with E-state index in [4.69, 9.17) is 21.7 Å². The van der Waals surface area contributed by atoms with Gasteiger partial charge in [-0.3, -0.25) is 4.79 Å². The van der Waals surface area contributed by atoms with Crippen LogP contribution in [-0.4, -0.2) is 41.1 Å². The van der Waals surface area contributed by atoms with E-state index < -0.39 is 24.5 Å². The van der Waals surface area contributed by atoms with Crippen LogP contribution >= 0.6 is 11.6 Å². The summed E-state index contributed by atoms with van der Waals surface area (Å²) in [6, 6.07) is 1.16. The fourth-order valence-corrected chi connectivity index (χ4v) is 3.58. The lowest BCUT2D eigenvalue weighted by molar-refractivity contribution is 0.0408. The number of amides is 1. The Hall–Kier alpha value is -2.02. The van der Waals surface area contributed by atoms with Crippen molar-refractivity contribution in [1.82, 2.24) is 9.88 Å². The molecule has 0 radical (unpaired) electrons. The fraction of sp³-hybridized carbons (Fsp3) is 0.438. The van der Waals surface area contributed by atoms with Crippen molar-refractivity contribution in [2.24, 2.45) is 5.41 Å². The Balaban J connectivity index is 1.83. The van der Waals surface area contributed by atoms with E-state index in [-0.39, 0.29) is 17.6 Å². The molecule has 2 heterocycles. The molecule has 0 saturated carbocycles. The van der Waals surface area contributed by atoms with Crippen molar-refractivity contribution in [1.29, 1.82) is 5.41 Å². The van der Waals surface area contributed by atoms with E-state index in [2.05, 4.69) is 4.98 Å². The molecule has 0 fully saturated rings. The maximum Gasteiger partial charge on any atom is 0.272 e. The number of nitrogens with zero attached hydrogens (tertiary/aromatic N) is 2. The Morgan fingerprint density at radius 2 is 2.29 bits per heavy atom. The minimum atomic E-state index is -2.59. The lowest BCUT2D eigenvalue weighted by Crippen LogP contribution is -2.43. The third-order valence-corrected chi connectivity index (χ3v) is 5.13. The Kier molecular flexibility index (Phi) is 4.07. The molecule has 5 nitrogen and oxygen atoms in total. The van der Waals surface area contributed by atoms with Gasteiger partial charge >= 0.3 is 0 Å². The van der Waals surface area contributed by atoms with Crippen molar-refractivity contribution in [3.63, 3.8) is 0 Å². The number of rotatable bonds is 6. The molecule has 1 aliphatic heterocycles. The quantitative estimate of drug-likeness (QED) is 0.629. The highest BCUT2D eigenvalue weighted by atomic mass is 35.5. The number of hydrogen-bond donors (Lipinski definition) is 1. The molecule has 8 heteroatoms. The van der Waals surface area contributed by atoms with Crippen LogP contribution in [0.2, 0.25) is 5.15 Å². The molecule has 1 unspecified atom stereocenters. The molecule has 0 spiro atoms. The van der Waals surface area contributed by atoms with Crippen LogP contribution in [-0.2, 0) is 11.3 Å². The number of hydrogen-bond acceptors (Lipinski definition) is 4. The molecule has 1 aromatic heterocycles. The zero-order valence-corrected chi connectivity index (χ0v) is 13.9. The van der Waals surface area contributed by atoms with E-state index in [9.17, 15) is 13.6 Å². The lowest BCUT2D eigenvalue weighted by atomic mass is 9.91. The van der Waals surface area contributed by atoms with Crippen molar-refractivity contribution in [2.75, 3.05) is 6.61 Å². The zero-order chi connectivity index (χ0) is 17.6. The van der Waals surface area contributed by atoms with Gasteiger partial charge in [0.25, 0.3) is 12.3 Å². The van der Waals surface area contributed by atoms with Crippen LogP contribution in [0.5, 0.6) is 0 Å². The minimum absolute atomic E-state index is 0.212. The van der Waals surface area contributed by atoms with Gasteiger partial charge in [-0.05, 0) is 25.5 Å². The summed E-state index contributed by atoms with van der Waals surface area (Å²) < 4.78 is 30.0. The first-order valence-electron chi connectivity index (χ1n) is 7.43. The third kappa shape index (κ3) is 2.30. The van der Waals surface area contributed by atoms with E-state index in [1.54, 1.807) is 24.8 Å². The molecule has 0 bridgehead atoms. The summed E-state index contributed by atoms with van der Waals surface area (Å²) in [4.78, 5) is 18.2. The molecule has 1 aromatic rings. The molecule has 0 saturated heterocycles. The first-order valence-corrected chi connectivity index (χ1v) is 7.81. The maximum absolute atomic E-state index is 12.6. The summed E-state index contributed by atoms with van der Waals surface area (Å²) >= 11 is 6.06. The monoisotopic (exact) mass is 355 g/mol. The number of carbonyl (C=O) groups is 1. The number of fused-ring (bicyclic) bond motifs is 1. The summed E-state index contributed by atoms with van der Waals surface area (Å²) in [7, 11) is 0. The maximum atomic E-state index is 12.6. The highest BCUT2D eigenvalue weighted by Crippen LogP contribution is 2.56. The van der Waals surface area contributed by atoms with Crippen LogP contribution in [0.4, 0.5) is 8.78 Å². The SMILES string of the molecule is CC1=C(OCC(F)F)[C@@]1(C=N)C(C)N1Cc2c(ccnc2Cl)C1=O. The standard InChI is InChI=1S/C16H16ClF2N3O2/c1-8-13(24-6-12(18)19)16(8,7-20)9(2)22-5-11-10(15(22)23)3-4-21-14(11)17/h3-4,7,9,12,20H,5-6H2,1-2H3/t9?,16-/m1/s1. The molecule has 0 aromatic carbocycles. The number of halogens is 3. The fourth-order valence-electron chi connectivity index (χ4n) is 3.36. The van der Waals surface area contributed by atoms with Crippen molar-refractivity contribution in [2.45, 2.75) is 32.9 Å². The van der Waals surface area contributed by atoms with Gasteiger partial charge in [0.2, 0.25) is 0 Å². The third-order valence-electron chi connectivity index (χ3n) is 4.81. The minimum Gasteiger partial charge on any atom is -0.491 e. The molecule has 2 atom stereocenters. The largest absolute Gasteiger partial charge is 0.491 e. The van der Waals surface area contributed by atoms with Gasteiger partial charge in [-0.1, -0.05) is 11.6 Å². The van der Waals surface area contributed by atoms with Gasteiger partial charge in [0, 0.05) is 23.5 Å². The Morgan fingerprint density at radius 1 is 1.58 bits per heavy atom. The van der Waals surface area contributed by atoms with Crippen molar-refractivity contribution < 1.29 is 18.3 Å². The summed E-state index contributed by atoms with van der Waals surface area (Å²) in [6.07, 6.45) is 0.0358. The summed E-state index contributed by atoms with van der Waals surface area (Å²) in [5.41, 5.74) is 0.894. The molecular formula is C16H16ClF2N3O2. The van der Waals surface area contributed by atoms with Gasteiger partial charge in [0.1, 0.15) is 22.9 Å². The molecule has 2 aliphatic rings. The van der Waals surface area contributed by atoms with Crippen molar-refractivity contribution in [3.05, 3.63) is 39.9 Å². The predicted octanol–water partition coefficient (Wildman–Crippen LogP) is 3.28. The average molecular weight is 356 g/mol. The second-order valence-electron chi connectivity index (χ2n) is 5.91. The molecule has 1 amide bonds. The first kappa shape index (κ1) is 16.8. The highest BCUT2D eigenvalue weighted by molar-refractivity contribution is 6.30. The van der Waals surface area contributed by atoms with Gasteiger partial charge in [-0.15, -0.1) is 0 Å². The van der Waals surface area contributed by atoms with Gasteiger partial charge < -0.3 is 15.0 Å². The van der Waals surface area contributed by atoms with Gasteiger partial charge in [0.05, 0.1) is 12.6 Å². The lowest BCUT2D eigenvalue weighted by Gasteiger charge is -2.31. The number of ether oxygens (including phenoxy) is 1. The molecular weight excluding hydrogens is 340 g/mol. The van der Waals surface area contributed by atoms with Crippen LogP contribution in [0.1, 0.15) is 29.8 Å². The van der Waals surface area contributed by atoms with Gasteiger partial charge in [-0.2, -0.15) is 0 Å². The van der Waals surface area contributed by atoms with Crippen molar-refractivity contribution >= 4 is 23.7 Å². The number of pyridine rings is 1. The zero-order valence-electron chi connectivity index (χ0n) is 13.1. The number of carbonyl (C=O) groups excluding carboxylic acids is 1. The second kappa shape index (κ2) is 5.81. The van der Waals surface area contributed by atoms with E-state index in [1.165, 1.54) is 6.20 Å². The van der Waals surface area contributed by atoms with Gasteiger partial charge in [0.15, 0.2) is 0 Å². The Morgan fingerprint density at radius 3 is 2.88 bits per heavy atom. The van der Waals surface area contributed by atoms with E-state index in [1.807, 2.05) is 0 Å². The highest BCUT2D eigenvalue weighted by Gasteiger charge is 2.59. The second-order valence-corrected chi connectivity index (χ2v) is 6.26. The normalized spacial score (nSPS) is 23.6. The van der Waals surface area contributed by atoms with Crippen molar-refractivity contribution in [3.8, 4) is 0 Å². The smallest absolute Gasteiger partial charge is 0.272 e. The van der Waals surface area contributed by atoms with Crippen LogP contribution in [0.25, 0.3) is 0 Å². The summed E-state index contributed by atoms with van der Waals surface area (Å²) in [6.45, 7) is 3.05. The number of nitrogens with one attached hydrogen (secondary N) is 1. The topological polar surface area (TPSA) is 66.3 Å². The van der Waals surface area contributed by atoms with Crippen LogP contribution < -0.4 is 0 Å². The van der Waals surface area contributed by atoms with Crippen LogP contribution in [0.3, 0.4) is 0 Å². The molecule has 24 heavy (non-hydrogen) atoms. The molecule has 1 aliphatic carbocycles. The number of alkyl halides is 2. The van der Waals surface area contributed by atoms with E-state index >= 15 is 0 Å². The molecule has 3 rings (SSSR count). The average Bonchev–Trinajstić information content (AvgIpc) is 2.98. The summed E-state index contributed by atoms with van der Waals surface area (Å²) in [5.74, 6) is 0.134. The Bertz CT molecular complexity index is 753.